The molecule has 0 saturated heterocycles. The van der Waals surface area contributed by atoms with Gasteiger partial charge in [0, 0.05) is 18.1 Å². The van der Waals surface area contributed by atoms with Crippen molar-refractivity contribution in [2.75, 3.05) is 5.32 Å². The molecule has 0 bridgehead atoms. The third-order valence-electron chi connectivity index (χ3n) is 2.82. The molecule has 0 fully saturated rings. The van der Waals surface area contributed by atoms with Crippen LogP contribution < -0.4 is 5.32 Å². The van der Waals surface area contributed by atoms with Crippen LogP contribution in [0.4, 0.5) is 5.69 Å². The smallest absolute Gasteiger partial charge is 0.274 e. The standard InChI is InChI=1S/C14H12N4O/c1-10-12(18-9-5-8-15-14(18)16-10)13(19)17-11-6-3-2-4-7-11/h2-9H,1H3,(H,17,19). The van der Waals surface area contributed by atoms with E-state index in [2.05, 4.69) is 15.3 Å². The molecule has 0 unspecified atom stereocenters. The first-order valence-corrected chi connectivity index (χ1v) is 5.92. The molecule has 0 radical (unpaired) electrons. The van der Waals surface area contributed by atoms with E-state index in [0.29, 0.717) is 17.2 Å². The van der Waals surface area contributed by atoms with Crippen LogP contribution in [-0.4, -0.2) is 20.3 Å². The molecule has 2 aromatic heterocycles. The highest BCUT2D eigenvalue weighted by Crippen LogP contribution is 2.13. The molecule has 1 aromatic carbocycles. The van der Waals surface area contributed by atoms with Crippen LogP contribution in [0.15, 0.2) is 48.8 Å². The Kier molecular flexibility index (Phi) is 2.72. The molecule has 1 N–H and O–H groups in total. The highest BCUT2D eigenvalue weighted by molar-refractivity contribution is 6.04. The van der Waals surface area contributed by atoms with Crippen molar-refractivity contribution in [2.24, 2.45) is 0 Å². The Morgan fingerprint density at radius 3 is 2.79 bits per heavy atom. The second kappa shape index (κ2) is 4.53. The summed E-state index contributed by atoms with van der Waals surface area (Å²) in [5.74, 6) is 0.336. The number of aromatic nitrogens is 3. The number of para-hydroxylation sites is 1. The number of imidazole rings is 1. The minimum Gasteiger partial charge on any atom is -0.321 e. The van der Waals surface area contributed by atoms with Gasteiger partial charge in [0.25, 0.3) is 5.91 Å². The van der Waals surface area contributed by atoms with Crippen molar-refractivity contribution in [1.82, 2.24) is 14.4 Å². The maximum absolute atomic E-state index is 12.3. The fourth-order valence-electron chi connectivity index (χ4n) is 1.98. The fourth-order valence-corrected chi connectivity index (χ4v) is 1.98. The number of carbonyl (C=O) groups excluding carboxylic acids is 1. The van der Waals surface area contributed by atoms with Gasteiger partial charge >= 0.3 is 0 Å². The van der Waals surface area contributed by atoms with Crippen LogP contribution in [0.2, 0.25) is 0 Å². The average molecular weight is 252 g/mol. The van der Waals surface area contributed by atoms with Crippen molar-refractivity contribution in [2.45, 2.75) is 6.92 Å². The van der Waals surface area contributed by atoms with Crippen molar-refractivity contribution in [1.29, 1.82) is 0 Å². The Balaban J connectivity index is 2.00. The summed E-state index contributed by atoms with van der Waals surface area (Å²) in [5.41, 5.74) is 1.92. The Bertz CT molecular complexity index is 734. The van der Waals surface area contributed by atoms with Crippen molar-refractivity contribution in [3.63, 3.8) is 0 Å². The molecule has 0 spiro atoms. The summed E-state index contributed by atoms with van der Waals surface area (Å²) >= 11 is 0. The summed E-state index contributed by atoms with van der Waals surface area (Å²) in [5, 5.41) is 2.85. The zero-order valence-electron chi connectivity index (χ0n) is 10.4. The summed E-state index contributed by atoms with van der Waals surface area (Å²) < 4.78 is 1.69. The molecule has 3 rings (SSSR count). The molecule has 0 atom stereocenters. The van der Waals surface area contributed by atoms with Gasteiger partial charge in [-0.15, -0.1) is 0 Å². The van der Waals surface area contributed by atoms with Crippen LogP contribution >= 0.6 is 0 Å². The monoisotopic (exact) mass is 252 g/mol. The Morgan fingerprint density at radius 2 is 2.00 bits per heavy atom. The SMILES string of the molecule is Cc1nc2ncccn2c1C(=O)Nc1ccccc1. The number of amides is 1. The molecule has 19 heavy (non-hydrogen) atoms. The third-order valence-corrected chi connectivity index (χ3v) is 2.82. The molecule has 0 aliphatic heterocycles. The number of nitrogens with zero attached hydrogens (tertiary/aromatic N) is 3. The molecule has 0 aliphatic carbocycles. The summed E-state index contributed by atoms with van der Waals surface area (Å²) in [4.78, 5) is 20.7. The van der Waals surface area contributed by atoms with Gasteiger partial charge in [0.05, 0.1) is 5.69 Å². The van der Waals surface area contributed by atoms with E-state index in [-0.39, 0.29) is 5.91 Å². The van der Waals surface area contributed by atoms with E-state index in [0.717, 1.165) is 5.69 Å². The zero-order valence-corrected chi connectivity index (χ0v) is 10.4. The van der Waals surface area contributed by atoms with E-state index in [9.17, 15) is 4.79 Å². The van der Waals surface area contributed by atoms with Gasteiger partial charge < -0.3 is 5.32 Å². The first-order valence-electron chi connectivity index (χ1n) is 5.92. The van der Waals surface area contributed by atoms with E-state index < -0.39 is 0 Å². The van der Waals surface area contributed by atoms with Crippen molar-refractivity contribution >= 4 is 17.4 Å². The normalized spacial score (nSPS) is 10.6. The van der Waals surface area contributed by atoms with Crippen molar-refractivity contribution < 1.29 is 4.79 Å². The Labute approximate surface area is 109 Å². The predicted octanol–water partition coefficient (Wildman–Crippen LogP) is 2.29. The number of nitrogens with one attached hydrogen (secondary N) is 1. The lowest BCUT2D eigenvalue weighted by molar-refractivity contribution is 0.102. The largest absolute Gasteiger partial charge is 0.321 e. The molecule has 0 saturated carbocycles. The second-order valence-corrected chi connectivity index (χ2v) is 4.16. The van der Waals surface area contributed by atoms with E-state index in [1.165, 1.54) is 0 Å². The summed E-state index contributed by atoms with van der Waals surface area (Å²) in [6.07, 6.45) is 3.43. The molecule has 5 heteroatoms. The quantitative estimate of drug-likeness (QED) is 0.761. The van der Waals surface area contributed by atoms with Crippen LogP contribution in [0, 0.1) is 6.92 Å². The van der Waals surface area contributed by atoms with E-state index in [1.54, 1.807) is 29.8 Å². The number of carbonyl (C=O) groups is 1. The number of hydrogen-bond acceptors (Lipinski definition) is 3. The molecular formula is C14H12N4O. The molecule has 0 aliphatic rings. The average Bonchev–Trinajstić information content (AvgIpc) is 2.75. The van der Waals surface area contributed by atoms with E-state index in [4.69, 9.17) is 0 Å². The van der Waals surface area contributed by atoms with Crippen LogP contribution in [0.1, 0.15) is 16.2 Å². The first-order chi connectivity index (χ1) is 9.25. The van der Waals surface area contributed by atoms with Gasteiger partial charge in [-0.25, -0.2) is 9.97 Å². The molecule has 3 aromatic rings. The highest BCUT2D eigenvalue weighted by atomic mass is 16.2. The topological polar surface area (TPSA) is 59.3 Å². The third kappa shape index (κ3) is 2.06. The van der Waals surface area contributed by atoms with Crippen LogP contribution in [-0.2, 0) is 0 Å². The molecule has 1 amide bonds. The Morgan fingerprint density at radius 1 is 1.21 bits per heavy atom. The van der Waals surface area contributed by atoms with Crippen LogP contribution in [0.5, 0.6) is 0 Å². The summed E-state index contributed by atoms with van der Waals surface area (Å²) in [6, 6.07) is 11.1. The van der Waals surface area contributed by atoms with Crippen LogP contribution in [0.3, 0.4) is 0 Å². The number of rotatable bonds is 2. The summed E-state index contributed by atoms with van der Waals surface area (Å²) in [6.45, 7) is 1.80. The molecule has 94 valence electrons. The minimum absolute atomic E-state index is 0.191. The van der Waals surface area contributed by atoms with E-state index in [1.807, 2.05) is 30.3 Å². The van der Waals surface area contributed by atoms with Gasteiger partial charge in [-0.1, -0.05) is 18.2 Å². The number of aryl methyl sites for hydroxylation is 1. The first kappa shape index (κ1) is 11.4. The lowest BCUT2D eigenvalue weighted by Crippen LogP contribution is -2.15. The number of benzene rings is 1. The summed E-state index contributed by atoms with van der Waals surface area (Å²) in [7, 11) is 0. The fraction of sp³-hybridized carbons (Fsp3) is 0.0714. The van der Waals surface area contributed by atoms with Gasteiger partial charge in [0.15, 0.2) is 0 Å². The van der Waals surface area contributed by atoms with E-state index >= 15 is 0 Å². The van der Waals surface area contributed by atoms with Gasteiger partial charge in [-0.3, -0.25) is 9.20 Å². The number of hydrogen-bond donors (Lipinski definition) is 1. The molecule has 2 heterocycles. The number of anilines is 1. The van der Waals surface area contributed by atoms with Gasteiger partial charge in [0.2, 0.25) is 5.78 Å². The molecular weight excluding hydrogens is 240 g/mol. The maximum atomic E-state index is 12.3. The highest BCUT2D eigenvalue weighted by Gasteiger charge is 2.16. The lowest BCUT2D eigenvalue weighted by atomic mass is 10.3. The minimum atomic E-state index is -0.191. The number of fused-ring (bicyclic) bond motifs is 1. The van der Waals surface area contributed by atoms with Crippen molar-refractivity contribution in [3.8, 4) is 0 Å². The zero-order chi connectivity index (χ0) is 13.2. The predicted molar refractivity (Wildman–Crippen MR) is 72.1 cm³/mol. The van der Waals surface area contributed by atoms with Crippen LogP contribution in [0.25, 0.3) is 5.78 Å². The van der Waals surface area contributed by atoms with Gasteiger partial charge in [-0.05, 0) is 25.1 Å². The Hall–Kier alpha value is -2.69. The van der Waals surface area contributed by atoms with Gasteiger partial charge in [0.1, 0.15) is 5.69 Å². The maximum Gasteiger partial charge on any atom is 0.274 e. The lowest BCUT2D eigenvalue weighted by Gasteiger charge is -2.05. The molecule has 5 nitrogen and oxygen atoms in total. The second-order valence-electron chi connectivity index (χ2n) is 4.16. The van der Waals surface area contributed by atoms with Crippen molar-refractivity contribution in [3.05, 3.63) is 60.2 Å². The van der Waals surface area contributed by atoms with Gasteiger partial charge in [-0.2, -0.15) is 0 Å².